The summed E-state index contributed by atoms with van der Waals surface area (Å²) in [6.45, 7) is 0.366. The Morgan fingerprint density at radius 3 is 2.43 bits per heavy atom. The predicted octanol–water partition coefficient (Wildman–Crippen LogP) is 0.396. The van der Waals surface area contributed by atoms with Crippen molar-refractivity contribution in [3.05, 3.63) is 24.3 Å². The first kappa shape index (κ1) is 17.4. The molecular weight excluding hydrogens is 302 g/mol. The van der Waals surface area contributed by atoms with Crippen molar-refractivity contribution in [3.8, 4) is 5.75 Å². The first-order chi connectivity index (χ1) is 9.95. The van der Waals surface area contributed by atoms with Crippen LogP contribution in [0.2, 0.25) is 0 Å². The number of hydrogen-bond acceptors (Lipinski definition) is 6. The van der Waals surface area contributed by atoms with E-state index in [9.17, 15) is 13.2 Å². The lowest BCUT2D eigenvalue weighted by atomic mass is 10.3. The van der Waals surface area contributed by atoms with Gasteiger partial charge >= 0.3 is 5.97 Å². The molecule has 0 aliphatic heterocycles. The highest BCUT2D eigenvalue weighted by Crippen LogP contribution is 2.16. The predicted molar refractivity (Wildman–Crippen MR) is 72.3 cm³/mol. The Labute approximate surface area is 122 Å². The average molecular weight is 319 g/mol. The molecule has 0 saturated heterocycles. The molecule has 0 aromatic heterocycles. The summed E-state index contributed by atoms with van der Waals surface area (Å²) in [5.74, 6) is -0.581. The molecule has 0 unspecified atom stereocenters. The van der Waals surface area contributed by atoms with E-state index in [0.29, 0.717) is 5.75 Å². The summed E-state index contributed by atoms with van der Waals surface area (Å²) < 4.78 is 33.5. The van der Waals surface area contributed by atoms with Gasteiger partial charge in [0, 0.05) is 7.11 Å². The van der Waals surface area contributed by atoms with Gasteiger partial charge in [-0.1, -0.05) is 4.89 Å². The molecule has 0 fully saturated rings. The molecule has 1 rings (SSSR count). The Morgan fingerprint density at radius 2 is 1.86 bits per heavy atom. The number of carbonyl (C=O) groups is 1. The average Bonchev–Trinajstić information content (AvgIpc) is 2.44. The molecule has 0 radical (unpaired) electrons. The largest absolute Gasteiger partial charge is 0.493 e. The van der Waals surface area contributed by atoms with E-state index in [1.165, 1.54) is 31.4 Å². The molecule has 1 aromatic carbocycles. The molecule has 0 aliphatic rings. The van der Waals surface area contributed by atoms with E-state index in [1.54, 1.807) is 0 Å². The number of hydrogen-bond donors (Lipinski definition) is 2. The molecule has 0 amide bonds. The van der Waals surface area contributed by atoms with E-state index in [0.717, 1.165) is 0 Å². The Hall–Kier alpha value is -1.68. The summed E-state index contributed by atoms with van der Waals surface area (Å²) in [5, 5.41) is 8.47. The van der Waals surface area contributed by atoms with Crippen LogP contribution in [0.25, 0.3) is 0 Å². The third-order valence-electron chi connectivity index (χ3n) is 2.28. The van der Waals surface area contributed by atoms with E-state index in [-0.39, 0.29) is 31.1 Å². The van der Waals surface area contributed by atoms with Crippen molar-refractivity contribution in [3.63, 3.8) is 0 Å². The van der Waals surface area contributed by atoms with Gasteiger partial charge in [0.05, 0.1) is 31.1 Å². The van der Waals surface area contributed by atoms with Crippen LogP contribution in [-0.2, 0) is 24.4 Å². The molecular formula is C12H17NO7S. The lowest BCUT2D eigenvalue weighted by Crippen LogP contribution is -2.25. The Kier molecular flexibility index (Phi) is 7.09. The monoisotopic (exact) mass is 319 g/mol. The van der Waals surface area contributed by atoms with Crippen molar-refractivity contribution >= 4 is 16.0 Å². The SMILES string of the molecule is COCCONS(=O)(=O)c1ccc(OCCC(=O)O)cc1. The van der Waals surface area contributed by atoms with Gasteiger partial charge in [-0.25, -0.2) is 8.42 Å². The van der Waals surface area contributed by atoms with Crippen molar-refractivity contribution in [1.29, 1.82) is 0 Å². The number of ether oxygens (including phenoxy) is 2. The molecule has 0 bridgehead atoms. The zero-order valence-electron chi connectivity index (χ0n) is 11.4. The number of benzene rings is 1. The summed E-state index contributed by atoms with van der Waals surface area (Å²) >= 11 is 0. The molecule has 8 nitrogen and oxygen atoms in total. The van der Waals surface area contributed by atoms with E-state index < -0.39 is 16.0 Å². The van der Waals surface area contributed by atoms with Gasteiger partial charge in [0.2, 0.25) is 0 Å². The zero-order valence-corrected chi connectivity index (χ0v) is 12.3. The third-order valence-corrected chi connectivity index (χ3v) is 3.51. The lowest BCUT2D eigenvalue weighted by molar-refractivity contribution is -0.137. The Bertz CT molecular complexity index is 541. The Balaban J connectivity index is 2.53. The van der Waals surface area contributed by atoms with Gasteiger partial charge in [0.15, 0.2) is 0 Å². The van der Waals surface area contributed by atoms with Crippen LogP contribution in [0.3, 0.4) is 0 Å². The number of sulfonamides is 1. The number of carboxylic acid groups (broad SMARTS) is 1. The first-order valence-corrected chi connectivity index (χ1v) is 7.51. The summed E-state index contributed by atoms with van der Waals surface area (Å²) in [4.78, 5) is 17.1. The van der Waals surface area contributed by atoms with Crippen LogP contribution in [-0.4, -0.2) is 46.4 Å². The highest BCUT2D eigenvalue weighted by molar-refractivity contribution is 7.89. The molecule has 21 heavy (non-hydrogen) atoms. The molecule has 0 saturated carbocycles. The molecule has 0 spiro atoms. The van der Waals surface area contributed by atoms with Crippen LogP contribution in [0.15, 0.2) is 29.2 Å². The lowest BCUT2D eigenvalue weighted by Gasteiger charge is -2.08. The van der Waals surface area contributed by atoms with Gasteiger partial charge in [-0.15, -0.1) is 0 Å². The van der Waals surface area contributed by atoms with Crippen molar-refractivity contribution in [1.82, 2.24) is 4.89 Å². The zero-order chi connectivity index (χ0) is 15.7. The van der Waals surface area contributed by atoms with Gasteiger partial charge in [-0.05, 0) is 24.3 Å². The van der Waals surface area contributed by atoms with E-state index in [1.807, 2.05) is 4.89 Å². The van der Waals surface area contributed by atoms with E-state index in [2.05, 4.69) is 0 Å². The van der Waals surface area contributed by atoms with Gasteiger partial charge in [-0.3, -0.25) is 9.63 Å². The van der Waals surface area contributed by atoms with Gasteiger partial charge in [0.25, 0.3) is 10.0 Å². The molecule has 0 heterocycles. The van der Waals surface area contributed by atoms with Crippen LogP contribution in [0.4, 0.5) is 0 Å². The number of rotatable bonds is 10. The topological polar surface area (TPSA) is 111 Å². The quantitative estimate of drug-likeness (QED) is 0.474. The third kappa shape index (κ3) is 6.54. The summed E-state index contributed by atoms with van der Waals surface area (Å²) in [7, 11) is -2.30. The second kappa shape index (κ2) is 8.57. The Morgan fingerprint density at radius 1 is 1.19 bits per heavy atom. The smallest absolute Gasteiger partial charge is 0.306 e. The second-order valence-electron chi connectivity index (χ2n) is 3.89. The number of aliphatic carboxylic acids is 1. The fourth-order valence-electron chi connectivity index (χ4n) is 1.26. The number of methoxy groups -OCH3 is 1. The summed E-state index contributed by atoms with van der Waals surface area (Å²) in [6, 6.07) is 5.54. The maximum atomic E-state index is 11.8. The minimum absolute atomic E-state index is 0.00509. The summed E-state index contributed by atoms with van der Waals surface area (Å²) in [6.07, 6.45) is -0.130. The maximum Gasteiger partial charge on any atom is 0.306 e. The van der Waals surface area contributed by atoms with Crippen LogP contribution < -0.4 is 9.62 Å². The number of nitrogens with one attached hydrogen (secondary N) is 1. The first-order valence-electron chi connectivity index (χ1n) is 6.03. The van der Waals surface area contributed by atoms with Gasteiger partial charge < -0.3 is 14.6 Å². The number of carboxylic acids is 1. The van der Waals surface area contributed by atoms with Crippen LogP contribution >= 0.6 is 0 Å². The van der Waals surface area contributed by atoms with E-state index in [4.69, 9.17) is 19.4 Å². The summed E-state index contributed by atoms with van der Waals surface area (Å²) in [5.41, 5.74) is 0. The van der Waals surface area contributed by atoms with E-state index >= 15 is 0 Å². The van der Waals surface area contributed by atoms with Crippen molar-refractivity contribution < 1.29 is 32.6 Å². The van der Waals surface area contributed by atoms with Crippen LogP contribution in [0.5, 0.6) is 5.75 Å². The van der Waals surface area contributed by atoms with Gasteiger partial charge in [0.1, 0.15) is 5.75 Å². The highest BCUT2D eigenvalue weighted by Gasteiger charge is 2.14. The molecule has 0 atom stereocenters. The van der Waals surface area contributed by atoms with Crippen LogP contribution in [0.1, 0.15) is 6.42 Å². The standard InChI is InChI=1S/C12H17NO7S/c1-18-8-9-20-13-21(16,17)11-4-2-10(3-5-11)19-7-6-12(14)15/h2-5,13H,6-9H2,1H3,(H,14,15). The van der Waals surface area contributed by atoms with Crippen molar-refractivity contribution in [2.24, 2.45) is 0 Å². The second-order valence-corrected chi connectivity index (χ2v) is 5.54. The van der Waals surface area contributed by atoms with Gasteiger partial charge in [-0.2, -0.15) is 0 Å². The molecule has 1 aromatic rings. The van der Waals surface area contributed by atoms with Crippen molar-refractivity contribution in [2.45, 2.75) is 11.3 Å². The normalized spacial score (nSPS) is 11.3. The maximum absolute atomic E-state index is 11.8. The molecule has 9 heteroatoms. The fraction of sp³-hybridized carbons (Fsp3) is 0.417. The van der Waals surface area contributed by atoms with Crippen molar-refractivity contribution in [2.75, 3.05) is 26.9 Å². The minimum atomic E-state index is -3.77. The fourth-order valence-corrected chi connectivity index (χ4v) is 2.09. The molecule has 2 N–H and O–H groups in total. The van der Waals surface area contributed by atoms with Crippen LogP contribution in [0, 0.1) is 0 Å². The molecule has 0 aliphatic carbocycles. The molecule has 118 valence electrons. The highest BCUT2D eigenvalue weighted by atomic mass is 32.2. The minimum Gasteiger partial charge on any atom is -0.493 e.